The third kappa shape index (κ3) is 4.60. The van der Waals surface area contributed by atoms with Crippen molar-refractivity contribution in [1.29, 1.82) is 0 Å². The third-order valence-electron chi connectivity index (χ3n) is 8.25. The zero-order valence-electron chi connectivity index (χ0n) is 23.5. The summed E-state index contributed by atoms with van der Waals surface area (Å²) >= 11 is 0. The van der Waals surface area contributed by atoms with E-state index < -0.39 is 17.2 Å². The third-order valence-corrected chi connectivity index (χ3v) is 8.25. The number of hydrogen-bond acceptors (Lipinski definition) is 8. The number of anilines is 4. The minimum atomic E-state index is -0.772. The Hall–Kier alpha value is -3.34. The van der Waals surface area contributed by atoms with Gasteiger partial charge in [0.25, 0.3) is 0 Å². The molecule has 2 atom stereocenters. The average Bonchev–Trinajstić information content (AvgIpc) is 3.31. The van der Waals surface area contributed by atoms with Crippen LogP contribution in [0.5, 0.6) is 5.75 Å². The number of nitrogens with one attached hydrogen (secondary N) is 2. The molecule has 0 bridgehead atoms. The van der Waals surface area contributed by atoms with Crippen molar-refractivity contribution in [1.82, 2.24) is 14.9 Å². The molecule has 39 heavy (non-hydrogen) atoms. The van der Waals surface area contributed by atoms with Crippen molar-refractivity contribution in [3.63, 3.8) is 0 Å². The van der Waals surface area contributed by atoms with Gasteiger partial charge in [0.15, 0.2) is 17.5 Å². The van der Waals surface area contributed by atoms with Gasteiger partial charge in [-0.15, -0.1) is 0 Å². The molecular weight excluding hydrogens is 502 g/mol. The van der Waals surface area contributed by atoms with Gasteiger partial charge < -0.3 is 15.4 Å². The molecule has 5 heterocycles. The summed E-state index contributed by atoms with van der Waals surface area (Å²) in [4.78, 5) is 11.1. The van der Waals surface area contributed by atoms with Crippen molar-refractivity contribution >= 4 is 34.7 Å². The summed E-state index contributed by atoms with van der Waals surface area (Å²) in [6.07, 6.45) is 5.36. The number of fused-ring (bicyclic) bond motifs is 4. The number of halogens is 2. The van der Waals surface area contributed by atoms with Gasteiger partial charge >= 0.3 is 5.84 Å². The smallest absolute Gasteiger partial charge is 0.322 e. The molecule has 0 amide bonds. The fraction of sp³-hybridized carbons (Fsp3) is 0.571. The molecule has 1 aromatic carbocycles. The maximum absolute atomic E-state index is 15.4. The lowest BCUT2D eigenvalue weighted by molar-refractivity contribution is -0.488. The molecule has 4 aliphatic rings. The van der Waals surface area contributed by atoms with Gasteiger partial charge in [0, 0.05) is 35.4 Å². The Kier molecular flexibility index (Phi) is 6.05. The van der Waals surface area contributed by atoms with Crippen LogP contribution in [0, 0.1) is 11.6 Å². The van der Waals surface area contributed by atoms with Crippen LogP contribution in [0.2, 0.25) is 0 Å². The highest BCUT2D eigenvalue weighted by Crippen LogP contribution is 2.43. The standard InChI is InChI=1S/C28H37F2N8O/c1-16-15-36(6)25-28(4,5)39-23-20(29)11-17(12-22(23)38(25)35-16)33-26-31-14-21(30)24(34-26)32-18-10-19-8-7-9-37(19)27(2,3)13-18/h11-12,14,18-19H,7-10,13,15H2,1-6H3,(H2,31,32,33,34)/q+1. The first-order valence-electron chi connectivity index (χ1n) is 13.7. The minimum Gasteiger partial charge on any atom is -0.467 e. The van der Waals surface area contributed by atoms with E-state index in [2.05, 4.69) is 43.9 Å². The molecule has 2 unspecified atom stereocenters. The molecule has 9 nitrogen and oxygen atoms in total. The van der Waals surface area contributed by atoms with Crippen LogP contribution in [0.1, 0.15) is 60.3 Å². The van der Waals surface area contributed by atoms with E-state index in [0.717, 1.165) is 37.1 Å². The fourth-order valence-electron chi connectivity index (χ4n) is 6.89. The Labute approximate surface area is 228 Å². The van der Waals surface area contributed by atoms with Crippen LogP contribution in [0.3, 0.4) is 0 Å². The Balaban J connectivity index is 1.27. The van der Waals surface area contributed by atoms with E-state index in [-0.39, 0.29) is 29.1 Å². The van der Waals surface area contributed by atoms with Gasteiger partial charge in [0.2, 0.25) is 23.0 Å². The normalized spacial score (nSPS) is 25.3. The van der Waals surface area contributed by atoms with Gasteiger partial charge in [-0.3, -0.25) is 9.48 Å². The molecule has 0 radical (unpaired) electrons. The van der Waals surface area contributed by atoms with Gasteiger partial charge in [-0.25, -0.2) is 13.8 Å². The molecule has 2 aromatic rings. The van der Waals surface area contributed by atoms with Gasteiger partial charge in [-0.2, -0.15) is 4.98 Å². The molecule has 208 valence electrons. The second kappa shape index (κ2) is 9.11. The number of hydrazone groups is 1. The van der Waals surface area contributed by atoms with Crippen LogP contribution in [0.15, 0.2) is 23.4 Å². The number of ether oxygens (including phenoxy) is 1. The quantitative estimate of drug-likeness (QED) is 0.544. The summed E-state index contributed by atoms with van der Waals surface area (Å²) in [5, 5.41) is 12.8. The summed E-state index contributed by atoms with van der Waals surface area (Å²) in [5.41, 5.74) is 1.05. The van der Waals surface area contributed by atoms with Crippen LogP contribution < -0.4 is 20.4 Å². The molecule has 6 rings (SSSR count). The Bertz CT molecular complexity index is 1390. The number of amidine groups is 1. The van der Waals surface area contributed by atoms with Crippen molar-refractivity contribution in [2.45, 2.75) is 83.5 Å². The molecule has 0 spiro atoms. The molecule has 4 aliphatic heterocycles. The lowest BCUT2D eigenvalue weighted by Gasteiger charge is -2.47. The summed E-state index contributed by atoms with van der Waals surface area (Å²) in [6, 6.07) is 3.69. The number of benzene rings is 1. The predicted molar refractivity (Wildman–Crippen MR) is 148 cm³/mol. The first-order chi connectivity index (χ1) is 18.4. The lowest BCUT2D eigenvalue weighted by atomic mass is 9.84. The van der Waals surface area contributed by atoms with E-state index in [0.29, 0.717) is 24.0 Å². The molecule has 2 saturated heterocycles. The van der Waals surface area contributed by atoms with Gasteiger partial charge in [0.1, 0.15) is 6.54 Å². The minimum absolute atomic E-state index is 0.0399. The molecule has 2 N–H and O–H groups in total. The van der Waals surface area contributed by atoms with E-state index in [1.54, 1.807) is 11.1 Å². The first kappa shape index (κ1) is 25.9. The summed E-state index contributed by atoms with van der Waals surface area (Å²) in [5.74, 6) is 0.223. The van der Waals surface area contributed by atoms with E-state index >= 15 is 4.39 Å². The van der Waals surface area contributed by atoms with Crippen LogP contribution >= 0.6 is 0 Å². The average molecular weight is 540 g/mol. The molecule has 0 aliphatic carbocycles. The largest absolute Gasteiger partial charge is 0.467 e. The van der Waals surface area contributed by atoms with Crippen molar-refractivity contribution in [2.24, 2.45) is 5.10 Å². The zero-order valence-corrected chi connectivity index (χ0v) is 23.5. The van der Waals surface area contributed by atoms with Crippen molar-refractivity contribution < 1.29 is 18.1 Å². The fourth-order valence-corrected chi connectivity index (χ4v) is 6.89. The number of hydrogen-bond donors (Lipinski definition) is 2. The maximum atomic E-state index is 15.4. The van der Waals surface area contributed by atoms with E-state index in [4.69, 9.17) is 9.84 Å². The second-order valence-corrected chi connectivity index (χ2v) is 12.3. The highest BCUT2D eigenvalue weighted by Gasteiger charge is 2.50. The number of aromatic nitrogens is 2. The highest BCUT2D eigenvalue weighted by atomic mass is 19.1. The molecule has 11 heteroatoms. The van der Waals surface area contributed by atoms with Crippen LogP contribution in [-0.4, -0.2) is 74.4 Å². The van der Waals surface area contributed by atoms with Crippen molar-refractivity contribution in [3.8, 4) is 5.75 Å². The molecule has 0 saturated carbocycles. The van der Waals surface area contributed by atoms with Gasteiger partial charge in [0.05, 0.1) is 19.0 Å². The van der Waals surface area contributed by atoms with Crippen LogP contribution in [-0.2, 0) is 0 Å². The Morgan fingerprint density at radius 1 is 1.15 bits per heavy atom. The van der Waals surface area contributed by atoms with Gasteiger partial charge in [-0.05, 0) is 66.8 Å². The molecular formula is C28H37F2N8O+. The maximum Gasteiger partial charge on any atom is 0.322 e. The summed E-state index contributed by atoms with van der Waals surface area (Å²) < 4.78 is 38.4. The molecule has 1 aromatic heterocycles. The topological polar surface area (TPSA) is 80.9 Å². The van der Waals surface area contributed by atoms with Crippen LogP contribution in [0.25, 0.3) is 0 Å². The van der Waals surface area contributed by atoms with E-state index in [1.165, 1.54) is 18.9 Å². The number of rotatable bonds is 4. The van der Waals surface area contributed by atoms with Crippen molar-refractivity contribution in [2.75, 3.05) is 35.8 Å². The molecule has 2 fully saturated rings. The van der Waals surface area contributed by atoms with Crippen molar-refractivity contribution in [3.05, 3.63) is 30.0 Å². The second-order valence-electron chi connectivity index (χ2n) is 12.3. The van der Waals surface area contributed by atoms with E-state index in [9.17, 15) is 4.39 Å². The van der Waals surface area contributed by atoms with Gasteiger partial charge in [-0.1, -0.05) is 10.1 Å². The Morgan fingerprint density at radius 3 is 2.74 bits per heavy atom. The van der Waals surface area contributed by atoms with E-state index in [1.807, 2.05) is 27.8 Å². The SMILES string of the molecule is CC1=NN2C(=[N+](C)C1)C(C)(C)Oc1c(F)cc(Nc3ncc(F)c(NC4CC5CCCN5C(C)(C)C4)n3)cc12. The van der Waals surface area contributed by atoms with Crippen LogP contribution in [0.4, 0.5) is 31.9 Å². The predicted octanol–water partition coefficient (Wildman–Crippen LogP) is 4.72. The summed E-state index contributed by atoms with van der Waals surface area (Å²) in [7, 11) is 1.97. The highest BCUT2D eigenvalue weighted by molar-refractivity contribution is 6.06. The Morgan fingerprint density at radius 2 is 1.95 bits per heavy atom. The number of piperidine rings is 1. The number of nitrogens with zero attached hydrogens (tertiary/aromatic N) is 6. The first-order valence-corrected chi connectivity index (χ1v) is 13.7. The zero-order chi connectivity index (χ0) is 27.7. The summed E-state index contributed by atoms with van der Waals surface area (Å²) in [6.45, 7) is 12.0. The lowest BCUT2D eigenvalue weighted by Crippen LogP contribution is -2.57. The monoisotopic (exact) mass is 539 g/mol.